The second-order valence-corrected chi connectivity index (χ2v) is 7.54. The van der Waals surface area contributed by atoms with Crippen LogP contribution in [-0.4, -0.2) is 29.2 Å². The summed E-state index contributed by atoms with van der Waals surface area (Å²) in [5.41, 5.74) is 5.51. The Morgan fingerprint density at radius 1 is 1.03 bits per heavy atom. The van der Waals surface area contributed by atoms with Crippen molar-refractivity contribution in [3.63, 3.8) is 0 Å². The lowest BCUT2D eigenvalue weighted by Crippen LogP contribution is -2.03. The van der Waals surface area contributed by atoms with Gasteiger partial charge in [-0.3, -0.25) is 0 Å². The molecule has 8 heteroatoms. The third-order valence-electron chi connectivity index (χ3n) is 5.37. The molecule has 2 N–H and O–H groups in total. The second-order valence-electron chi connectivity index (χ2n) is 7.54. The van der Waals surface area contributed by atoms with Crippen molar-refractivity contribution in [2.75, 3.05) is 5.32 Å². The minimum absolute atomic E-state index is 0.204. The number of hydrogen-bond acceptors (Lipinski definition) is 5. The van der Waals surface area contributed by atoms with Crippen LogP contribution in [0.4, 0.5) is 15.9 Å². The first-order valence-corrected chi connectivity index (χ1v) is 10.1. The summed E-state index contributed by atoms with van der Waals surface area (Å²) in [6, 6.07) is 15.9. The number of aliphatic hydroxyl groups is 1. The molecule has 0 fully saturated rings. The number of aliphatic hydroxyl groups excluding tert-OH is 1. The number of pyridine rings is 1. The normalized spacial score (nSPS) is 11.2. The van der Waals surface area contributed by atoms with Crippen LogP contribution in [0.5, 0.6) is 0 Å². The van der Waals surface area contributed by atoms with Gasteiger partial charge < -0.3 is 19.6 Å². The molecule has 0 saturated heterocycles. The maximum atomic E-state index is 13.3. The number of halogens is 1. The van der Waals surface area contributed by atoms with E-state index in [1.165, 1.54) is 12.1 Å². The quantitative estimate of drug-likeness (QED) is 0.431. The number of benzene rings is 2. The van der Waals surface area contributed by atoms with Gasteiger partial charge in [0.1, 0.15) is 23.0 Å². The summed E-state index contributed by atoms with van der Waals surface area (Å²) in [7, 11) is 1.93. The molecule has 0 atom stereocenters. The number of rotatable bonds is 5. The zero-order valence-electron chi connectivity index (χ0n) is 17.6. The second kappa shape index (κ2) is 7.90. The molecule has 0 radical (unpaired) electrons. The number of aryl methyl sites for hydroxylation is 2. The zero-order chi connectivity index (χ0) is 22.2. The van der Waals surface area contributed by atoms with E-state index in [-0.39, 0.29) is 12.4 Å². The van der Waals surface area contributed by atoms with Crippen LogP contribution in [0.25, 0.3) is 28.1 Å². The Hall–Kier alpha value is -4.04. The minimum atomic E-state index is -0.282. The molecule has 2 aromatic carbocycles. The van der Waals surface area contributed by atoms with E-state index in [1.54, 1.807) is 18.5 Å². The van der Waals surface area contributed by atoms with Crippen LogP contribution in [0.1, 0.15) is 11.4 Å². The fourth-order valence-electron chi connectivity index (χ4n) is 3.78. The molecule has 0 aliphatic carbocycles. The Bertz CT molecular complexity index is 1420. The molecular weight excluding hydrogens is 407 g/mol. The summed E-state index contributed by atoms with van der Waals surface area (Å²) in [5, 5.41) is 13.2. The molecule has 3 heterocycles. The lowest BCUT2D eigenvalue weighted by molar-refractivity contribution is 0.276. The van der Waals surface area contributed by atoms with Crippen molar-refractivity contribution in [1.29, 1.82) is 0 Å². The maximum Gasteiger partial charge on any atom is 0.140 e. The van der Waals surface area contributed by atoms with Crippen molar-refractivity contribution >= 4 is 22.5 Å². The molecule has 5 rings (SSSR count). The average molecular weight is 428 g/mol. The largest absolute Gasteiger partial charge is 0.390 e. The van der Waals surface area contributed by atoms with Crippen molar-refractivity contribution in [2.45, 2.75) is 13.5 Å². The molecule has 0 amide bonds. The van der Waals surface area contributed by atoms with E-state index in [9.17, 15) is 9.50 Å². The monoisotopic (exact) mass is 428 g/mol. The van der Waals surface area contributed by atoms with Crippen LogP contribution in [-0.2, 0) is 13.7 Å². The Balaban J connectivity index is 1.53. The van der Waals surface area contributed by atoms with Crippen LogP contribution < -0.4 is 5.32 Å². The molecule has 5 aromatic rings. The summed E-state index contributed by atoms with van der Waals surface area (Å²) in [6.45, 7) is 1.71. The summed E-state index contributed by atoms with van der Waals surface area (Å²) in [5.74, 6) is 1.05. The number of nitrogens with one attached hydrogen (secondary N) is 1. The number of nitrogens with zero attached hydrogens (tertiary/aromatic N) is 5. The first-order valence-electron chi connectivity index (χ1n) is 10.1. The lowest BCUT2D eigenvalue weighted by atomic mass is 10.2. The molecule has 0 aliphatic heterocycles. The molecule has 3 aromatic heterocycles. The Morgan fingerprint density at radius 2 is 1.84 bits per heavy atom. The predicted molar refractivity (Wildman–Crippen MR) is 121 cm³/mol. The van der Waals surface area contributed by atoms with Gasteiger partial charge in [-0.2, -0.15) is 0 Å². The highest BCUT2D eigenvalue weighted by Gasteiger charge is 2.14. The number of fused-ring (bicyclic) bond motifs is 1. The number of anilines is 2. The van der Waals surface area contributed by atoms with Gasteiger partial charge in [0, 0.05) is 18.8 Å². The third-order valence-corrected chi connectivity index (χ3v) is 5.37. The smallest absolute Gasteiger partial charge is 0.140 e. The van der Waals surface area contributed by atoms with E-state index in [2.05, 4.69) is 15.3 Å². The number of imidazole rings is 2. The fourth-order valence-corrected chi connectivity index (χ4v) is 3.78. The summed E-state index contributed by atoms with van der Waals surface area (Å²) in [6.07, 6.45) is 3.58. The molecular formula is C24H21FN6O. The molecule has 0 saturated carbocycles. The van der Waals surface area contributed by atoms with Gasteiger partial charge in [-0.15, -0.1) is 0 Å². The van der Waals surface area contributed by atoms with Crippen LogP contribution >= 0.6 is 0 Å². The van der Waals surface area contributed by atoms with Gasteiger partial charge in [0.05, 0.1) is 41.2 Å². The first-order chi connectivity index (χ1) is 15.5. The SMILES string of the molecule is Cc1cn(-c2ccc(Nc3cccc4c3nc(-c3ccc(F)cc3)n4C)nc2CO)cn1. The summed E-state index contributed by atoms with van der Waals surface area (Å²) < 4.78 is 17.2. The van der Waals surface area contributed by atoms with Gasteiger partial charge in [-0.1, -0.05) is 6.07 Å². The van der Waals surface area contributed by atoms with Gasteiger partial charge in [-0.25, -0.2) is 19.3 Å². The van der Waals surface area contributed by atoms with Crippen molar-refractivity contribution in [3.05, 3.63) is 84.3 Å². The Morgan fingerprint density at radius 3 is 2.56 bits per heavy atom. The lowest BCUT2D eigenvalue weighted by Gasteiger charge is -2.11. The molecule has 0 unspecified atom stereocenters. The van der Waals surface area contributed by atoms with Gasteiger partial charge in [-0.05, 0) is 55.5 Å². The van der Waals surface area contributed by atoms with Gasteiger partial charge >= 0.3 is 0 Å². The minimum Gasteiger partial charge on any atom is -0.390 e. The van der Waals surface area contributed by atoms with Gasteiger partial charge in [0.2, 0.25) is 0 Å². The van der Waals surface area contributed by atoms with Crippen molar-refractivity contribution in [2.24, 2.45) is 7.05 Å². The molecule has 32 heavy (non-hydrogen) atoms. The maximum absolute atomic E-state index is 13.3. The Kier molecular flexibility index (Phi) is 4.91. The predicted octanol–water partition coefficient (Wildman–Crippen LogP) is 4.50. The molecule has 0 spiro atoms. The third kappa shape index (κ3) is 3.50. The number of para-hydroxylation sites is 1. The topological polar surface area (TPSA) is 80.8 Å². The molecule has 160 valence electrons. The highest BCUT2D eigenvalue weighted by Crippen LogP contribution is 2.30. The Labute approximate surface area is 183 Å². The first kappa shape index (κ1) is 19.9. The van der Waals surface area contributed by atoms with E-state index < -0.39 is 0 Å². The van der Waals surface area contributed by atoms with Gasteiger partial charge in [0.15, 0.2) is 0 Å². The van der Waals surface area contributed by atoms with E-state index in [0.717, 1.165) is 39.5 Å². The number of hydrogen-bond donors (Lipinski definition) is 2. The average Bonchev–Trinajstić information content (AvgIpc) is 3.38. The van der Waals surface area contributed by atoms with Crippen LogP contribution in [0.3, 0.4) is 0 Å². The molecule has 0 aliphatic rings. The zero-order valence-corrected chi connectivity index (χ0v) is 17.6. The van der Waals surface area contributed by atoms with Gasteiger partial charge in [0.25, 0.3) is 0 Å². The van der Waals surface area contributed by atoms with Crippen molar-refractivity contribution in [1.82, 2.24) is 24.1 Å². The van der Waals surface area contributed by atoms with E-state index in [1.807, 2.05) is 59.6 Å². The van der Waals surface area contributed by atoms with Crippen LogP contribution in [0, 0.1) is 12.7 Å². The van der Waals surface area contributed by atoms with E-state index >= 15 is 0 Å². The highest BCUT2D eigenvalue weighted by atomic mass is 19.1. The van der Waals surface area contributed by atoms with E-state index in [0.29, 0.717) is 11.5 Å². The van der Waals surface area contributed by atoms with Crippen molar-refractivity contribution in [3.8, 4) is 17.1 Å². The van der Waals surface area contributed by atoms with E-state index in [4.69, 9.17) is 4.98 Å². The van der Waals surface area contributed by atoms with Crippen LogP contribution in [0.2, 0.25) is 0 Å². The van der Waals surface area contributed by atoms with Crippen molar-refractivity contribution < 1.29 is 9.50 Å². The number of aromatic nitrogens is 5. The fraction of sp³-hybridized carbons (Fsp3) is 0.125. The summed E-state index contributed by atoms with van der Waals surface area (Å²) in [4.78, 5) is 13.6. The molecule has 7 nitrogen and oxygen atoms in total. The summed E-state index contributed by atoms with van der Waals surface area (Å²) >= 11 is 0. The van der Waals surface area contributed by atoms with Crippen LogP contribution in [0.15, 0.2) is 67.1 Å². The molecule has 0 bridgehead atoms. The standard InChI is InChI=1S/C24H21FN6O/c1-15-12-31(14-26-15)20-10-11-22(28-19(20)13-32)27-18-4-3-5-21-23(18)29-24(30(21)2)16-6-8-17(25)9-7-16/h3-12,14,32H,13H2,1-2H3,(H,27,28). The highest BCUT2D eigenvalue weighted by molar-refractivity contribution is 5.92.